The van der Waals surface area contributed by atoms with Gasteiger partial charge in [0.2, 0.25) is 11.9 Å². The van der Waals surface area contributed by atoms with E-state index >= 15 is 0 Å². The number of hydrogen-bond donors (Lipinski definition) is 3. The van der Waals surface area contributed by atoms with Crippen molar-refractivity contribution in [1.29, 1.82) is 0 Å². The summed E-state index contributed by atoms with van der Waals surface area (Å²) in [5.41, 5.74) is 3.04. The molecule has 0 unspecified atom stereocenters. The number of imidazole rings is 1. The Morgan fingerprint density at radius 2 is 2.03 bits per heavy atom. The maximum absolute atomic E-state index is 12.3. The van der Waals surface area contributed by atoms with E-state index in [1.807, 2.05) is 30.1 Å². The zero-order valence-electron chi connectivity index (χ0n) is 19.0. The van der Waals surface area contributed by atoms with Gasteiger partial charge in [0.1, 0.15) is 11.2 Å². The van der Waals surface area contributed by atoms with E-state index in [1.54, 1.807) is 18.5 Å². The summed E-state index contributed by atoms with van der Waals surface area (Å²) in [6.07, 6.45) is 4.45. The molecule has 34 heavy (non-hydrogen) atoms. The third kappa shape index (κ3) is 4.96. The minimum absolute atomic E-state index is 0.0600. The van der Waals surface area contributed by atoms with E-state index in [-0.39, 0.29) is 10.8 Å². The van der Waals surface area contributed by atoms with Crippen molar-refractivity contribution >= 4 is 44.5 Å². The smallest absolute Gasteiger partial charge is 0.274 e. The summed E-state index contributed by atoms with van der Waals surface area (Å²) >= 11 is 0. The fourth-order valence-electron chi connectivity index (χ4n) is 3.47. The molecule has 4 aromatic rings. The first kappa shape index (κ1) is 23.1. The minimum Gasteiger partial charge on any atom is -0.341 e. The van der Waals surface area contributed by atoms with Gasteiger partial charge in [0.05, 0.1) is 31.0 Å². The van der Waals surface area contributed by atoms with Crippen LogP contribution < -0.4 is 19.9 Å². The van der Waals surface area contributed by atoms with Crippen molar-refractivity contribution in [2.45, 2.75) is 25.2 Å². The monoisotopic (exact) mass is 481 g/mol. The van der Waals surface area contributed by atoms with E-state index in [0.717, 1.165) is 31.3 Å². The number of sulfonamides is 1. The Hall–Kier alpha value is -4.06. The molecule has 0 radical (unpaired) electrons. The lowest BCUT2D eigenvalue weighted by molar-refractivity contribution is -0.363. The number of benzene rings is 1. The number of amides is 1. The lowest BCUT2D eigenvalue weighted by atomic mass is 10.2. The molecule has 11 nitrogen and oxygen atoms in total. The van der Waals surface area contributed by atoms with Crippen molar-refractivity contribution < 1.29 is 18.2 Å². The number of nitrogens with zero attached hydrogens (tertiary/aromatic N) is 4. The maximum Gasteiger partial charge on any atom is 0.274 e. The highest BCUT2D eigenvalue weighted by atomic mass is 32.2. The molecule has 3 aromatic heterocycles. The van der Waals surface area contributed by atoms with Crippen molar-refractivity contribution in [2.24, 2.45) is 0 Å². The van der Waals surface area contributed by atoms with Crippen LogP contribution in [-0.2, 0) is 14.8 Å². The molecule has 0 aliphatic heterocycles. The van der Waals surface area contributed by atoms with Gasteiger partial charge in [-0.25, -0.2) is 28.1 Å². The van der Waals surface area contributed by atoms with Crippen LogP contribution in [0.3, 0.4) is 0 Å². The fourth-order valence-corrected chi connectivity index (χ4v) is 4.51. The van der Waals surface area contributed by atoms with E-state index in [0.29, 0.717) is 22.5 Å². The van der Waals surface area contributed by atoms with Crippen LogP contribution in [0.2, 0.25) is 0 Å². The van der Waals surface area contributed by atoms with Crippen LogP contribution in [0.5, 0.6) is 0 Å². The summed E-state index contributed by atoms with van der Waals surface area (Å²) in [5, 5.41) is 3.04. The quantitative estimate of drug-likeness (QED) is 0.347. The van der Waals surface area contributed by atoms with E-state index in [2.05, 4.69) is 42.1 Å². The molecule has 1 aromatic carbocycles. The third-order valence-corrected chi connectivity index (χ3v) is 6.43. The number of anilines is 3. The van der Waals surface area contributed by atoms with Gasteiger partial charge in [0.25, 0.3) is 15.8 Å². The third-order valence-electron chi connectivity index (χ3n) is 5.00. The largest absolute Gasteiger partial charge is 0.341 e. The zero-order chi connectivity index (χ0) is 24.3. The lowest BCUT2D eigenvalue weighted by Gasteiger charge is -2.11. The molecule has 1 amide bonds. The molecule has 4 N–H and O–H groups in total. The van der Waals surface area contributed by atoms with Crippen LogP contribution in [0.15, 0.2) is 53.8 Å². The van der Waals surface area contributed by atoms with Gasteiger partial charge < -0.3 is 10.3 Å². The molecule has 0 atom stereocenters. The molecular formula is C22H25N8O3S+. The molecule has 0 aliphatic rings. The summed E-state index contributed by atoms with van der Waals surface area (Å²) in [7, 11) is -1.95. The van der Waals surface area contributed by atoms with E-state index in [9.17, 15) is 13.2 Å². The predicted octanol–water partition coefficient (Wildman–Crippen LogP) is 2.25. The Morgan fingerprint density at radius 3 is 2.74 bits per heavy atom. The number of aromatic nitrogens is 5. The Bertz CT molecular complexity index is 1430. The maximum atomic E-state index is 12.3. The van der Waals surface area contributed by atoms with Crippen LogP contribution in [0, 0.1) is 0 Å². The summed E-state index contributed by atoms with van der Waals surface area (Å²) in [4.78, 5) is 33.0. The number of carbonyl (C=O) groups is 1. The number of pyridine rings is 1. The van der Waals surface area contributed by atoms with Crippen LogP contribution >= 0.6 is 0 Å². The Labute approximate surface area is 196 Å². The summed E-state index contributed by atoms with van der Waals surface area (Å²) in [6, 6.07) is 9.98. The average Bonchev–Trinajstić information content (AvgIpc) is 3.27. The number of aromatic amines is 2. The standard InChI is InChI=1S/C22H24N8O3S/c1-4-10-30(3)18-9-8-15(12-23-18)19-20-21(25-13-24-20)28-22(27-19)26-16-6-5-7-17(11-16)34(32,33)29-14(2)31/h5-9,11-13H,4,10H2,1-3H3,(H,29,31)(H2,24,25,26,27,28)/p+1. The van der Waals surface area contributed by atoms with Gasteiger partial charge >= 0.3 is 0 Å². The van der Waals surface area contributed by atoms with Crippen molar-refractivity contribution in [3.63, 3.8) is 0 Å². The molecule has 0 bridgehead atoms. The van der Waals surface area contributed by atoms with Crippen molar-refractivity contribution in [2.75, 3.05) is 23.8 Å². The molecule has 12 heteroatoms. The number of H-pyrrole nitrogens is 2. The lowest BCUT2D eigenvalue weighted by Crippen LogP contribution is -2.28. The molecule has 0 aliphatic carbocycles. The van der Waals surface area contributed by atoms with Gasteiger partial charge in [0.15, 0.2) is 5.65 Å². The van der Waals surface area contributed by atoms with Crippen LogP contribution in [-0.4, -0.2) is 47.9 Å². The first-order valence-electron chi connectivity index (χ1n) is 10.6. The molecule has 0 spiro atoms. The average molecular weight is 482 g/mol. The highest BCUT2D eigenvalue weighted by Crippen LogP contribution is 2.26. The zero-order valence-corrected chi connectivity index (χ0v) is 19.8. The second kappa shape index (κ2) is 9.43. The summed E-state index contributed by atoms with van der Waals surface area (Å²) in [6.45, 7) is 4.19. The van der Waals surface area contributed by atoms with Crippen molar-refractivity contribution in [3.05, 3.63) is 48.9 Å². The number of hydrogen-bond acceptors (Lipinski definition) is 8. The summed E-state index contributed by atoms with van der Waals surface area (Å²) in [5.74, 6) is 0.561. The minimum atomic E-state index is -3.97. The molecule has 0 saturated carbocycles. The van der Waals surface area contributed by atoms with Gasteiger partial charge in [-0.15, -0.1) is 0 Å². The Morgan fingerprint density at radius 1 is 1.21 bits per heavy atom. The summed E-state index contributed by atoms with van der Waals surface area (Å²) < 4.78 is 26.6. The number of fused-ring (bicyclic) bond motifs is 1. The Balaban J connectivity index is 1.67. The Kier molecular flexibility index (Phi) is 6.41. The van der Waals surface area contributed by atoms with Gasteiger partial charge in [-0.1, -0.05) is 13.0 Å². The molecule has 3 heterocycles. The normalized spacial score (nSPS) is 11.4. The van der Waals surface area contributed by atoms with Gasteiger partial charge in [-0.3, -0.25) is 9.69 Å². The number of carbonyl (C=O) groups excluding carboxylic acids is 1. The van der Waals surface area contributed by atoms with Crippen molar-refractivity contribution in [3.8, 4) is 11.3 Å². The molecule has 0 fully saturated rings. The highest BCUT2D eigenvalue weighted by Gasteiger charge is 2.18. The van der Waals surface area contributed by atoms with E-state index in [1.165, 1.54) is 12.1 Å². The van der Waals surface area contributed by atoms with Crippen molar-refractivity contribution in [1.82, 2.24) is 24.7 Å². The van der Waals surface area contributed by atoms with Crippen LogP contribution in [0.1, 0.15) is 20.3 Å². The molecule has 0 saturated heterocycles. The first-order chi connectivity index (χ1) is 16.3. The van der Waals surface area contributed by atoms with Gasteiger partial charge in [0, 0.05) is 24.2 Å². The van der Waals surface area contributed by atoms with E-state index < -0.39 is 15.9 Å². The van der Waals surface area contributed by atoms with Gasteiger partial charge in [-0.2, -0.15) is 4.98 Å². The van der Waals surface area contributed by atoms with Crippen LogP contribution in [0.25, 0.3) is 22.4 Å². The van der Waals surface area contributed by atoms with Crippen LogP contribution in [0.4, 0.5) is 17.5 Å². The van der Waals surface area contributed by atoms with E-state index in [4.69, 9.17) is 0 Å². The molecule has 176 valence electrons. The number of rotatable bonds is 8. The first-order valence-corrected chi connectivity index (χ1v) is 12.1. The predicted molar refractivity (Wildman–Crippen MR) is 128 cm³/mol. The highest BCUT2D eigenvalue weighted by molar-refractivity contribution is 7.90. The number of nitrogens with one attached hydrogen (secondary N) is 4. The SMILES string of the molecule is CCCN(C)c1ccc(-c2nc(Nc3cccc(S(=O)(=O)NC(C)=O)c3)nc3nc[nH]c23)c[nH+]1. The van der Waals surface area contributed by atoms with Gasteiger partial charge in [-0.05, 0) is 30.7 Å². The second-order valence-corrected chi connectivity index (χ2v) is 9.38. The molecular weight excluding hydrogens is 456 g/mol. The molecule has 4 rings (SSSR count). The second-order valence-electron chi connectivity index (χ2n) is 7.70. The fraction of sp³-hybridized carbons (Fsp3) is 0.227. The topological polar surface area (TPSA) is 147 Å².